The molecule has 1 unspecified atom stereocenters. The van der Waals surface area contributed by atoms with Crippen molar-refractivity contribution in [1.29, 1.82) is 0 Å². The van der Waals surface area contributed by atoms with E-state index in [-0.39, 0.29) is 11.6 Å². The highest BCUT2D eigenvalue weighted by Crippen LogP contribution is 2.22. The molecule has 0 aliphatic rings. The van der Waals surface area contributed by atoms with Gasteiger partial charge in [-0.2, -0.15) is 0 Å². The Balaban J connectivity index is 2.00. The summed E-state index contributed by atoms with van der Waals surface area (Å²) in [6.45, 7) is 2.78. The second kappa shape index (κ2) is 8.91. The van der Waals surface area contributed by atoms with Gasteiger partial charge in [-0.1, -0.05) is 29.4 Å². The van der Waals surface area contributed by atoms with Crippen molar-refractivity contribution >= 4 is 35.0 Å². The Hall–Kier alpha value is -1.77. The molecule has 0 radical (unpaired) electrons. The fourth-order valence-corrected chi connectivity index (χ4v) is 3.05. The van der Waals surface area contributed by atoms with E-state index in [1.807, 2.05) is 0 Å². The van der Waals surface area contributed by atoms with Crippen molar-refractivity contribution in [2.24, 2.45) is 0 Å². The van der Waals surface area contributed by atoms with Gasteiger partial charge in [0.15, 0.2) is 5.16 Å². The monoisotopic (exact) mass is 370 g/mol. The van der Waals surface area contributed by atoms with Crippen LogP contribution in [0.4, 0.5) is 5.69 Å². The number of anilines is 1. The molecule has 1 amide bonds. The lowest BCUT2D eigenvalue weighted by molar-refractivity contribution is -0.115. The number of rotatable bonds is 8. The predicted molar refractivity (Wildman–Crippen MR) is 94.7 cm³/mol. The van der Waals surface area contributed by atoms with E-state index in [0.29, 0.717) is 35.4 Å². The molecule has 2 aromatic rings. The summed E-state index contributed by atoms with van der Waals surface area (Å²) in [4.78, 5) is 24.1. The summed E-state index contributed by atoms with van der Waals surface area (Å²) in [6, 6.07) is 6.93. The molecule has 1 aromatic carbocycles. The SMILES string of the molecule is COCCCn1c(SC(C)C(=O)Nc2cccc(Cl)c2)n[nH]c1=O. The number of thioether (sulfide) groups is 1. The Kier molecular flexibility index (Phi) is 6.89. The first-order valence-electron chi connectivity index (χ1n) is 7.38. The zero-order chi connectivity index (χ0) is 17.5. The van der Waals surface area contributed by atoms with Crippen LogP contribution in [0.1, 0.15) is 13.3 Å². The Morgan fingerprint density at radius 1 is 1.54 bits per heavy atom. The van der Waals surface area contributed by atoms with Crippen LogP contribution in [0.25, 0.3) is 0 Å². The largest absolute Gasteiger partial charge is 0.385 e. The van der Waals surface area contributed by atoms with Crippen LogP contribution in [0.3, 0.4) is 0 Å². The van der Waals surface area contributed by atoms with Crippen molar-refractivity contribution in [3.8, 4) is 0 Å². The second-order valence-corrected chi connectivity index (χ2v) is 6.81. The number of aromatic nitrogens is 3. The molecule has 2 rings (SSSR count). The number of hydrogen-bond acceptors (Lipinski definition) is 5. The van der Waals surface area contributed by atoms with Gasteiger partial charge in [-0.05, 0) is 31.5 Å². The number of aromatic amines is 1. The first kappa shape index (κ1) is 18.6. The van der Waals surface area contributed by atoms with Gasteiger partial charge in [-0.25, -0.2) is 9.89 Å². The zero-order valence-corrected chi connectivity index (χ0v) is 15.0. The van der Waals surface area contributed by atoms with Crippen LogP contribution in [0.15, 0.2) is 34.2 Å². The standard InChI is InChI=1S/C15H19ClN4O3S/c1-10(13(21)17-12-6-3-5-11(16)9-12)24-15-19-18-14(22)20(15)7-4-8-23-2/h3,5-6,9-10H,4,7-8H2,1-2H3,(H,17,21)(H,18,22). The third-order valence-corrected chi connectivity index (χ3v) is 4.52. The highest BCUT2D eigenvalue weighted by molar-refractivity contribution is 8.00. The van der Waals surface area contributed by atoms with Crippen LogP contribution < -0.4 is 11.0 Å². The molecule has 0 bridgehead atoms. The van der Waals surface area contributed by atoms with Crippen LogP contribution in [-0.4, -0.2) is 39.6 Å². The molecule has 0 saturated heterocycles. The first-order chi connectivity index (χ1) is 11.5. The molecule has 0 aliphatic heterocycles. The van der Waals surface area contributed by atoms with E-state index in [2.05, 4.69) is 15.5 Å². The molecule has 9 heteroatoms. The van der Waals surface area contributed by atoms with E-state index in [0.717, 1.165) is 0 Å². The number of carbonyl (C=O) groups is 1. The topological polar surface area (TPSA) is 89.0 Å². The number of carbonyl (C=O) groups excluding carboxylic acids is 1. The van der Waals surface area contributed by atoms with E-state index in [1.165, 1.54) is 16.3 Å². The Morgan fingerprint density at radius 2 is 2.33 bits per heavy atom. The maximum absolute atomic E-state index is 12.3. The number of H-pyrrole nitrogens is 1. The molecule has 7 nitrogen and oxygen atoms in total. The van der Waals surface area contributed by atoms with Crippen molar-refractivity contribution in [1.82, 2.24) is 14.8 Å². The molecule has 0 saturated carbocycles. The smallest absolute Gasteiger partial charge is 0.343 e. The van der Waals surface area contributed by atoms with Gasteiger partial charge in [0.05, 0.1) is 5.25 Å². The fourth-order valence-electron chi connectivity index (χ4n) is 1.98. The zero-order valence-electron chi connectivity index (χ0n) is 13.4. The fraction of sp³-hybridized carbons (Fsp3) is 0.400. The molecule has 0 fully saturated rings. The molecule has 1 heterocycles. The van der Waals surface area contributed by atoms with E-state index in [1.54, 1.807) is 38.3 Å². The Morgan fingerprint density at radius 3 is 3.04 bits per heavy atom. The molecule has 0 aliphatic carbocycles. The van der Waals surface area contributed by atoms with Gasteiger partial charge in [0, 0.05) is 31.0 Å². The minimum atomic E-state index is -0.430. The Labute approximate surface area is 148 Å². The van der Waals surface area contributed by atoms with Gasteiger partial charge in [0.1, 0.15) is 0 Å². The number of nitrogens with zero attached hydrogens (tertiary/aromatic N) is 2. The van der Waals surface area contributed by atoms with Crippen LogP contribution in [0.5, 0.6) is 0 Å². The van der Waals surface area contributed by atoms with Crippen molar-refractivity contribution in [2.45, 2.75) is 30.3 Å². The summed E-state index contributed by atoms with van der Waals surface area (Å²) in [5, 5.41) is 9.78. The molecule has 24 heavy (non-hydrogen) atoms. The normalized spacial score (nSPS) is 12.1. The van der Waals surface area contributed by atoms with E-state index in [4.69, 9.17) is 16.3 Å². The molecule has 1 aromatic heterocycles. The van der Waals surface area contributed by atoms with Crippen LogP contribution in [0, 0.1) is 0 Å². The average molecular weight is 371 g/mol. The van der Waals surface area contributed by atoms with Gasteiger partial charge in [-0.15, -0.1) is 5.10 Å². The number of nitrogens with one attached hydrogen (secondary N) is 2. The summed E-state index contributed by atoms with van der Waals surface area (Å²) in [5.74, 6) is -0.193. The number of hydrogen-bond donors (Lipinski definition) is 2. The number of methoxy groups -OCH3 is 1. The predicted octanol–water partition coefficient (Wildman–Crippen LogP) is 2.38. The van der Waals surface area contributed by atoms with E-state index in [9.17, 15) is 9.59 Å². The van der Waals surface area contributed by atoms with Crippen molar-refractivity contribution in [3.63, 3.8) is 0 Å². The van der Waals surface area contributed by atoms with Crippen LogP contribution >= 0.6 is 23.4 Å². The van der Waals surface area contributed by atoms with Crippen molar-refractivity contribution in [3.05, 3.63) is 39.8 Å². The molecule has 130 valence electrons. The lowest BCUT2D eigenvalue weighted by Gasteiger charge is -2.12. The lowest BCUT2D eigenvalue weighted by Crippen LogP contribution is -2.24. The third-order valence-electron chi connectivity index (χ3n) is 3.20. The van der Waals surface area contributed by atoms with Gasteiger partial charge in [-0.3, -0.25) is 9.36 Å². The highest BCUT2D eigenvalue weighted by Gasteiger charge is 2.19. The highest BCUT2D eigenvalue weighted by atomic mass is 35.5. The minimum absolute atomic E-state index is 0.193. The second-order valence-electron chi connectivity index (χ2n) is 5.07. The Bertz CT molecular complexity index is 746. The molecule has 1 atom stereocenters. The summed E-state index contributed by atoms with van der Waals surface area (Å²) >= 11 is 7.12. The number of amides is 1. The van der Waals surface area contributed by atoms with Gasteiger partial charge in [0.25, 0.3) is 0 Å². The molecular formula is C15H19ClN4O3S. The van der Waals surface area contributed by atoms with Gasteiger partial charge in [0.2, 0.25) is 5.91 Å². The van der Waals surface area contributed by atoms with E-state index < -0.39 is 5.25 Å². The molecular weight excluding hydrogens is 352 g/mol. The summed E-state index contributed by atoms with van der Waals surface area (Å²) < 4.78 is 6.49. The minimum Gasteiger partial charge on any atom is -0.385 e. The molecule has 2 N–H and O–H groups in total. The maximum atomic E-state index is 12.3. The van der Waals surface area contributed by atoms with Gasteiger partial charge < -0.3 is 10.1 Å². The van der Waals surface area contributed by atoms with Crippen molar-refractivity contribution in [2.75, 3.05) is 19.0 Å². The molecule has 0 spiro atoms. The number of ether oxygens (including phenoxy) is 1. The summed E-state index contributed by atoms with van der Waals surface area (Å²) in [7, 11) is 1.61. The summed E-state index contributed by atoms with van der Waals surface area (Å²) in [6.07, 6.45) is 0.687. The van der Waals surface area contributed by atoms with Crippen molar-refractivity contribution < 1.29 is 9.53 Å². The average Bonchev–Trinajstić information content (AvgIpc) is 2.88. The lowest BCUT2D eigenvalue weighted by atomic mass is 10.3. The van der Waals surface area contributed by atoms with Gasteiger partial charge >= 0.3 is 5.69 Å². The van der Waals surface area contributed by atoms with E-state index >= 15 is 0 Å². The first-order valence-corrected chi connectivity index (χ1v) is 8.64. The van der Waals surface area contributed by atoms with Crippen LogP contribution in [-0.2, 0) is 16.1 Å². The quantitative estimate of drug-likeness (QED) is 0.550. The number of halogens is 1. The third kappa shape index (κ3) is 5.12. The summed E-state index contributed by atoms with van der Waals surface area (Å²) in [5.41, 5.74) is 0.329. The number of benzene rings is 1. The van der Waals surface area contributed by atoms with Crippen LogP contribution in [0.2, 0.25) is 5.02 Å². The maximum Gasteiger partial charge on any atom is 0.343 e.